The van der Waals surface area contributed by atoms with Gasteiger partial charge in [-0.3, -0.25) is 4.79 Å². The summed E-state index contributed by atoms with van der Waals surface area (Å²) >= 11 is 5.89. The van der Waals surface area contributed by atoms with Gasteiger partial charge in [-0.15, -0.1) is 0 Å². The van der Waals surface area contributed by atoms with Gasteiger partial charge in [-0.2, -0.15) is 0 Å². The lowest BCUT2D eigenvalue weighted by molar-refractivity contribution is 0.0770. The first kappa shape index (κ1) is 14.0. The Bertz CT molecular complexity index is 591. The highest BCUT2D eigenvalue weighted by molar-refractivity contribution is 7.91. The lowest BCUT2D eigenvalue weighted by Gasteiger charge is -2.26. The second-order valence-electron chi connectivity index (χ2n) is 4.14. The van der Waals surface area contributed by atoms with Gasteiger partial charge in [0.15, 0.2) is 15.7 Å². The molecule has 0 aliphatic carbocycles. The zero-order valence-corrected chi connectivity index (χ0v) is 11.5. The molecule has 1 aliphatic heterocycles. The normalized spacial score (nSPS) is 18.1. The molecule has 1 aromatic heterocycles. The van der Waals surface area contributed by atoms with E-state index in [0.29, 0.717) is 5.56 Å². The predicted octanol–water partition coefficient (Wildman–Crippen LogP) is -0.109. The first-order valence-corrected chi connectivity index (χ1v) is 7.75. The lowest BCUT2D eigenvalue weighted by atomic mass is 10.2. The molecule has 104 valence electrons. The lowest BCUT2D eigenvalue weighted by Crippen LogP contribution is -2.43. The van der Waals surface area contributed by atoms with E-state index < -0.39 is 9.84 Å². The minimum absolute atomic E-state index is 0.0116. The van der Waals surface area contributed by atoms with Gasteiger partial charge in [-0.05, 0) is 6.07 Å². The number of rotatable bonds is 2. The molecule has 1 amide bonds. The van der Waals surface area contributed by atoms with Crippen molar-refractivity contribution in [2.24, 2.45) is 5.84 Å². The molecular formula is C10H13ClN4O3S. The molecule has 1 aliphatic rings. The number of pyridine rings is 1. The molecular weight excluding hydrogens is 292 g/mol. The molecule has 1 fully saturated rings. The molecule has 3 N–H and O–H groups in total. The van der Waals surface area contributed by atoms with Crippen LogP contribution in [-0.4, -0.2) is 48.8 Å². The Morgan fingerprint density at radius 2 is 2.05 bits per heavy atom. The smallest absolute Gasteiger partial charge is 0.255 e. The van der Waals surface area contributed by atoms with E-state index in [1.54, 1.807) is 0 Å². The number of nitrogens with zero attached hydrogens (tertiary/aromatic N) is 2. The number of nitrogens with one attached hydrogen (secondary N) is 1. The van der Waals surface area contributed by atoms with Crippen LogP contribution >= 0.6 is 11.6 Å². The van der Waals surface area contributed by atoms with Gasteiger partial charge in [0.25, 0.3) is 5.91 Å². The molecule has 2 heterocycles. The Kier molecular flexibility index (Phi) is 3.93. The monoisotopic (exact) mass is 304 g/mol. The van der Waals surface area contributed by atoms with Gasteiger partial charge in [0, 0.05) is 19.3 Å². The standard InChI is InChI=1S/C10H13ClN4O3S/c11-8-5-7(6-13-9(8)14-12)10(16)15-1-3-19(17,18)4-2-15/h5-6H,1-4,12H2,(H,13,14). The zero-order chi connectivity index (χ0) is 14.0. The Morgan fingerprint density at radius 1 is 1.42 bits per heavy atom. The minimum atomic E-state index is -3.01. The Morgan fingerprint density at radius 3 is 2.58 bits per heavy atom. The van der Waals surface area contributed by atoms with Crippen LogP contribution in [0.15, 0.2) is 12.3 Å². The van der Waals surface area contributed by atoms with Gasteiger partial charge in [-0.1, -0.05) is 11.6 Å². The van der Waals surface area contributed by atoms with E-state index >= 15 is 0 Å². The third-order valence-corrected chi connectivity index (χ3v) is 4.75. The number of hydrazine groups is 1. The van der Waals surface area contributed by atoms with Crippen molar-refractivity contribution in [2.45, 2.75) is 0 Å². The van der Waals surface area contributed by atoms with E-state index in [0.717, 1.165) is 0 Å². The fraction of sp³-hybridized carbons (Fsp3) is 0.400. The maximum Gasteiger partial charge on any atom is 0.255 e. The first-order valence-electron chi connectivity index (χ1n) is 5.55. The van der Waals surface area contributed by atoms with Crippen LogP contribution in [0.5, 0.6) is 0 Å². The highest BCUT2D eigenvalue weighted by Gasteiger charge is 2.26. The van der Waals surface area contributed by atoms with E-state index in [1.165, 1.54) is 17.2 Å². The minimum Gasteiger partial charge on any atom is -0.337 e. The van der Waals surface area contributed by atoms with Gasteiger partial charge >= 0.3 is 0 Å². The van der Waals surface area contributed by atoms with E-state index in [2.05, 4.69) is 10.4 Å². The SMILES string of the molecule is NNc1ncc(C(=O)N2CCS(=O)(=O)CC2)cc1Cl. The zero-order valence-electron chi connectivity index (χ0n) is 9.97. The summed E-state index contributed by atoms with van der Waals surface area (Å²) in [5, 5.41) is 0.234. The summed E-state index contributed by atoms with van der Waals surface area (Å²) in [6.45, 7) is 0.380. The molecule has 0 spiro atoms. The predicted molar refractivity (Wildman–Crippen MR) is 71.6 cm³/mol. The van der Waals surface area contributed by atoms with E-state index in [-0.39, 0.29) is 41.3 Å². The number of aromatic nitrogens is 1. The van der Waals surface area contributed by atoms with Gasteiger partial charge in [0.05, 0.1) is 22.1 Å². The van der Waals surface area contributed by atoms with Crippen LogP contribution in [-0.2, 0) is 9.84 Å². The van der Waals surface area contributed by atoms with Crippen molar-refractivity contribution in [3.63, 3.8) is 0 Å². The van der Waals surface area contributed by atoms with Crippen LogP contribution in [0.4, 0.5) is 5.82 Å². The van der Waals surface area contributed by atoms with Crippen LogP contribution in [0.2, 0.25) is 5.02 Å². The third-order valence-electron chi connectivity index (χ3n) is 2.86. The summed E-state index contributed by atoms with van der Waals surface area (Å²) in [6, 6.07) is 1.45. The van der Waals surface area contributed by atoms with Crippen LogP contribution in [0.1, 0.15) is 10.4 Å². The molecule has 0 atom stereocenters. The van der Waals surface area contributed by atoms with Crippen molar-refractivity contribution >= 4 is 33.2 Å². The number of sulfone groups is 1. The summed E-state index contributed by atoms with van der Waals surface area (Å²) in [4.78, 5) is 17.5. The highest BCUT2D eigenvalue weighted by atomic mass is 35.5. The number of nitrogen functional groups attached to an aromatic ring is 1. The van der Waals surface area contributed by atoms with Gasteiger partial charge in [-0.25, -0.2) is 19.2 Å². The maximum atomic E-state index is 12.1. The number of hydrogen-bond donors (Lipinski definition) is 2. The van der Waals surface area contributed by atoms with Crippen LogP contribution in [0.3, 0.4) is 0 Å². The van der Waals surface area contributed by atoms with Crippen molar-refractivity contribution in [3.05, 3.63) is 22.8 Å². The van der Waals surface area contributed by atoms with Crippen molar-refractivity contribution in [1.29, 1.82) is 0 Å². The van der Waals surface area contributed by atoms with Crippen molar-refractivity contribution < 1.29 is 13.2 Å². The van der Waals surface area contributed by atoms with Crippen molar-refractivity contribution in [1.82, 2.24) is 9.88 Å². The van der Waals surface area contributed by atoms with Crippen LogP contribution in [0, 0.1) is 0 Å². The number of carbonyl (C=O) groups is 1. The highest BCUT2D eigenvalue weighted by Crippen LogP contribution is 2.20. The number of nitrogens with two attached hydrogens (primary N) is 1. The van der Waals surface area contributed by atoms with E-state index in [9.17, 15) is 13.2 Å². The molecule has 0 saturated carbocycles. The maximum absolute atomic E-state index is 12.1. The molecule has 2 rings (SSSR count). The van der Waals surface area contributed by atoms with Crippen molar-refractivity contribution in [3.8, 4) is 0 Å². The molecule has 7 nitrogen and oxygen atoms in total. The number of halogens is 1. The summed E-state index contributed by atoms with van der Waals surface area (Å²) in [7, 11) is -3.01. The second kappa shape index (κ2) is 5.32. The summed E-state index contributed by atoms with van der Waals surface area (Å²) < 4.78 is 22.6. The second-order valence-corrected chi connectivity index (χ2v) is 6.85. The molecule has 0 bridgehead atoms. The first-order chi connectivity index (χ1) is 8.93. The van der Waals surface area contributed by atoms with Crippen LogP contribution in [0.25, 0.3) is 0 Å². The van der Waals surface area contributed by atoms with Gasteiger partial charge in [0.2, 0.25) is 0 Å². The molecule has 0 radical (unpaired) electrons. The topological polar surface area (TPSA) is 105 Å². The van der Waals surface area contributed by atoms with Crippen LogP contribution < -0.4 is 11.3 Å². The molecule has 0 aromatic carbocycles. The molecule has 0 unspecified atom stereocenters. The van der Waals surface area contributed by atoms with E-state index in [4.69, 9.17) is 17.4 Å². The molecule has 9 heteroatoms. The molecule has 19 heavy (non-hydrogen) atoms. The summed E-state index contributed by atoms with van der Waals surface area (Å²) in [5.74, 6) is 5.16. The van der Waals surface area contributed by atoms with Gasteiger partial charge in [0.1, 0.15) is 0 Å². The third kappa shape index (κ3) is 3.14. The average molecular weight is 305 g/mol. The average Bonchev–Trinajstić information content (AvgIpc) is 2.38. The number of hydrogen-bond acceptors (Lipinski definition) is 6. The molecule has 1 saturated heterocycles. The molecule has 1 aromatic rings. The summed E-state index contributed by atoms with van der Waals surface area (Å²) in [6.07, 6.45) is 1.35. The largest absolute Gasteiger partial charge is 0.337 e. The summed E-state index contributed by atoms with van der Waals surface area (Å²) in [5.41, 5.74) is 2.61. The fourth-order valence-corrected chi connectivity index (χ4v) is 3.18. The Labute approximate surface area is 115 Å². The Balaban J connectivity index is 2.14. The van der Waals surface area contributed by atoms with Crippen molar-refractivity contribution in [2.75, 3.05) is 30.0 Å². The quantitative estimate of drug-likeness (QED) is 0.583. The number of amides is 1. The number of anilines is 1. The van der Waals surface area contributed by atoms with E-state index in [1.807, 2.05) is 0 Å². The Hall–Kier alpha value is -1.38. The number of carbonyl (C=O) groups excluding carboxylic acids is 1. The fourth-order valence-electron chi connectivity index (χ4n) is 1.76. The van der Waals surface area contributed by atoms with Gasteiger partial charge < -0.3 is 10.3 Å².